The molecule has 190 valence electrons. The molecule has 1 heterocycles. The molecule has 0 aromatic heterocycles. The van der Waals surface area contributed by atoms with Crippen molar-refractivity contribution in [2.75, 3.05) is 31.7 Å². The number of methoxy groups -OCH3 is 1. The summed E-state index contributed by atoms with van der Waals surface area (Å²) < 4.78 is 17.4. The fraction of sp³-hybridized carbons (Fsp3) is 0.481. The molecule has 35 heavy (non-hydrogen) atoms. The quantitative estimate of drug-likeness (QED) is 0.359. The molecule has 0 saturated carbocycles. The van der Waals surface area contributed by atoms with Gasteiger partial charge in [0, 0.05) is 23.6 Å². The van der Waals surface area contributed by atoms with E-state index in [1.165, 1.54) is 0 Å². The molecule has 0 spiro atoms. The smallest absolute Gasteiger partial charge is 0.410 e. The molecule has 2 aromatic carbocycles. The van der Waals surface area contributed by atoms with Gasteiger partial charge in [0.05, 0.1) is 31.9 Å². The van der Waals surface area contributed by atoms with E-state index in [0.29, 0.717) is 32.0 Å². The second-order valence-corrected chi connectivity index (χ2v) is 10.5. The van der Waals surface area contributed by atoms with E-state index in [4.69, 9.17) is 14.2 Å². The number of anilines is 1. The third-order valence-electron chi connectivity index (χ3n) is 5.62. The van der Waals surface area contributed by atoms with Crippen LogP contribution in [0.15, 0.2) is 46.9 Å². The van der Waals surface area contributed by atoms with E-state index in [1.54, 1.807) is 16.9 Å². The molecule has 2 amide bonds. The predicted molar refractivity (Wildman–Crippen MR) is 140 cm³/mol. The SMILES string of the molecule is CCCCOc1ccc(Br)c(N(Cc2ccc(OC)cc2)C(=O)C2CN(C(=O)OC(C)(C)C)C2)c1. The summed E-state index contributed by atoms with van der Waals surface area (Å²) in [7, 11) is 1.62. The van der Waals surface area contributed by atoms with Gasteiger partial charge in [0.25, 0.3) is 0 Å². The van der Waals surface area contributed by atoms with Gasteiger partial charge in [-0.2, -0.15) is 0 Å². The van der Waals surface area contributed by atoms with E-state index in [1.807, 2.05) is 63.2 Å². The van der Waals surface area contributed by atoms with Crippen LogP contribution in [0.25, 0.3) is 0 Å². The lowest BCUT2D eigenvalue weighted by molar-refractivity contribution is -0.127. The van der Waals surface area contributed by atoms with E-state index in [-0.39, 0.29) is 11.8 Å². The van der Waals surface area contributed by atoms with Crippen LogP contribution in [0.3, 0.4) is 0 Å². The fourth-order valence-corrected chi connectivity index (χ4v) is 4.11. The summed E-state index contributed by atoms with van der Waals surface area (Å²) in [5, 5.41) is 0. The molecule has 3 rings (SSSR count). The second-order valence-electron chi connectivity index (χ2n) is 9.67. The Morgan fingerprint density at radius 1 is 1.09 bits per heavy atom. The molecule has 0 N–H and O–H groups in total. The van der Waals surface area contributed by atoms with Crippen molar-refractivity contribution in [3.63, 3.8) is 0 Å². The normalized spacial score (nSPS) is 13.7. The van der Waals surface area contributed by atoms with Gasteiger partial charge >= 0.3 is 6.09 Å². The molecule has 0 radical (unpaired) electrons. The minimum absolute atomic E-state index is 0.0490. The minimum atomic E-state index is -0.574. The maximum absolute atomic E-state index is 13.7. The van der Waals surface area contributed by atoms with Crippen molar-refractivity contribution in [2.24, 2.45) is 5.92 Å². The number of ether oxygens (including phenoxy) is 3. The van der Waals surface area contributed by atoms with Crippen LogP contribution in [-0.4, -0.2) is 49.3 Å². The van der Waals surface area contributed by atoms with Crippen LogP contribution in [0.4, 0.5) is 10.5 Å². The van der Waals surface area contributed by atoms with E-state index in [0.717, 1.165) is 34.3 Å². The molecule has 7 nitrogen and oxygen atoms in total. The lowest BCUT2D eigenvalue weighted by Gasteiger charge is -2.41. The van der Waals surface area contributed by atoms with Gasteiger partial charge in [-0.15, -0.1) is 0 Å². The second kappa shape index (κ2) is 11.8. The van der Waals surface area contributed by atoms with Crippen molar-refractivity contribution in [3.8, 4) is 11.5 Å². The zero-order valence-corrected chi connectivity index (χ0v) is 22.8. The summed E-state index contributed by atoms with van der Waals surface area (Å²) in [6, 6.07) is 13.3. The van der Waals surface area contributed by atoms with Gasteiger partial charge in [-0.1, -0.05) is 25.5 Å². The van der Waals surface area contributed by atoms with E-state index in [2.05, 4.69) is 22.9 Å². The molecule has 0 aliphatic carbocycles. The number of halogens is 1. The number of rotatable bonds is 9. The van der Waals surface area contributed by atoms with Crippen molar-refractivity contribution < 1.29 is 23.8 Å². The summed E-state index contributed by atoms with van der Waals surface area (Å²) >= 11 is 3.62. The van der Waals surface area contributed by atoms with Crippen molar-refractivity contribution >= 4 is 33.6 Å². The molecule has 0 unspecified atom stereocenters. The zero-order chi connectivity index (χ0) is 25.6. The number of carbonyl (C=O) groups excluding carboxylic acids is 2. The zero-order valence-electron chi connectivity index (χ0n) is 21.2. The average molecular weight is 547 g/mol. The summed E-state index contributed by atoms with van der Waals surface area (Å²) in [5.74, 6) is 1.11. The molecule has 0 atom stereocenters. The third-order valence-corrected chi connectivity index (χ3v) is 6.29. The number of hydrogen-bond acceptors (Lipinski definition) is 5. The largest absolute Gasteiger partial charge is 0.497 e. The summed E-state index contributed by atoms with van der Waals surface area (Å²) in [6.45, 7) is 9.27. The Bertz CT molecular complexity index is 1010. The summed E-state index contributed by atoms with van der Waals surface area (Å²) in [6.07, 6.45) is 1.61. The monoisotopic (exact) mass is 546 g/mol. The van der Waals surface area contributed by atoms with Gasteiger partial charge in [-0.25, -0.2) is 4.79 Å². The first-order chi connectivity index (χ1) is 16.6. The van der Waals surface area contributed by atoms with Crippen molar-refractivity contribution in [1.29, 1.82) is 0 Å². The lowest BCUT2D eigenvalue weighted by Crippen LogP contribution is -2.57. The van der Waals surface area contributed by atoms with Crippen molar-refractivity contribution in [3.05, 3.63) is 52.5 Å². The highest BCUT2D eigenvalue weighted by Gasteiger charge is 2.40. The Kier molecular flexibility index (Phi) is 9.05. The van der Waals surface area contributed by atoms with Crippen molar-refractivity contribution in [1.82, 2.24) is 4.90 Å². The number of nitrogens with zero attached hydrogens (tertiary/aromatic N) is 2. The number of unbranched alkanes of at least 4 members (excludes halogenated alkanes) is 1. The van der Waals surface area contributed by atoms with Gasteiger partial charge in [-0.3, -0.25) is 4.79 Å². The van der Waals surface area contributed by atoms with Gasteiger partial charge in [-0.05, 0) is 73.0 Å². The highest BCUT2D eigenvalue weighted by molar-refractivity contribution is 9.10. The highest BCUT2D eigenvalue weighted by atomic mass is 79.9. The van der Waals surface area contributed by atoms with Crippen LogP contribution < -0.4 is 14.4 Å². The van der Waals surface area contributed by atoms with Gasteiger partial charge in [0.1, 0.15) is 17.1 Å². The van der Waals surface area contributed by atoms with Crippen LogP contribution in [0, 0.1) is 5.92 Å². The van der Waals surface area contributed by atoms with E-state index < -0.39 is 11.7 Å². The molecule has 1 saturated heterocycles. The van der Waals surface area contributed by atoms with Crippen LogP contribution in [0.1, 0.15) is 46.1 Å². The molecule has 0 bridgehead atoms. The van der Waals surface area contributed by atoms with Gasteiger partial charge in [0.15, 0.2) is 0 Å². The number of likely N-dealkylation sites (tertiary alicyclic amines) is 1. The van der Waals surface area contributed by atoms with Gasteiger partial charge in [0.2, 0.25) is 5.91 Å². The predicted octanol–water partition coefficient (Wildman–Crippen LogP) is 6.04. The maximum atomic E-state index is 13.7. The lowest BCUT2D eigenvalue weighted by atomic mass is 9.98. The molecular formula is C27H35BrN2O5. The van der Waals surface area contributed by atoms with Crippen molar-refractivity contribution in [2.45, 2.75) is 52.7 Å². The highest BCUT2D eigenvalue weighted by Crippen LogP contribution is 2.34. The fourth-order valence-electron chi connectivity index (χ4n) is 3.65. The Morgan fingerprint density at radius 2 is 1.74 bits per heavy atom. The van der Waals surface area contributed by atoms with E-state index in [9.17, 15) is 9.59 Å². The third kappa shape index (κ3) is 7.37. The summed E-state index contributed by atoms with van der Waals surface area (Å²) in [5.41, 5.74) is 1.12. The Balaban J connectivity index is 1.81. The van der Waals surface area contributed by atoms with Crippen LogP contribution >= 0.6 is 15.9 Å². The van der Waals surface area contributed by atoms with Gasteiger partial charge < -0.3 is 24.0 Å². The van der Waals surface area contributed by atoms with Crippen LogP contribution in [0.5, 0.6) is 11.5 Å². The Labute approximate surface area is 216 Å². The Hall–Kier alpha value is -2.74. The topological polar surface area (TPSA) is 68.3 Å². The maximum Gasteiger partial charge on any atom is 0.410 e. The van der Waals surface area contributed by atoms with E-state index >= 15 is 0 Å². The standard InChI is InChI=1S/C27H35BrN2O5/c1-6-7-14-34-22-12-13-23(28)24(15-22)30(16-19-8-10-21(33-5)11-9-19)25(31)20-17-29(18-20)26(32)35-27(2,3)4/h8-13,15,20H,6-7,14,16-18H2,1-5H3. The molecular weight excluding hydrogens is 512 g/mol. The molecule has 1 aliphatic heterocycles. The molecule has 1 aliphatic rings. The number of carbonyl (C=O) groups is 2. The number of benzene rings is 2. The minimum Gasteiger partial charge on any atom is -0.497 e. The van der Waals surface area contributed by atoms with Crippen LogP contribution in [-0.2, 0) is 16.1 Å². The molecule has 2 aromatic rings. The van der Waals surface area contributed by atoms with Crippen LogP contribution in [0.2, 0.25) is 0 Å². The number of hydrogen-bond donors (Lipinski definition) is 0. The average Bonchev–Trinajstić information content (AvgIpc) is 2.77. The summed E-state index contributed by atoms with van der Waals surface area (Å²) in [4.78, 5) is 29.4. The molecule has 1 fully saturated rings. The Morgan fingerprint density at radius 3 is 2.34 bits per heavy atom. The first kappa shape index (κ1) is 26.9. The first-order valence-corrected chi connectivity index (χ1v) is 12.7. The molecule has 8 heteroatoms. The number of amides is 2. The first-order valence-electron chi connectivity index (χ1n) is 12.0.